The molecule has 0 spiro atoms. The number of quaternary nitrogens is 1. The fourth-order valence-electron chi connectivity index (χ4n) is 3.38. The maximum Gasteiger partial charge on any atom is 1.00 e. The predicted octanol–water partition coefficient (Wildman–Crippen LogP) is 5.34. The van der Waals surface area contributed by atoms with Gasteiger partial charge in [-0.3, -0.25) is 0 Å². The van der Waals surface area contributed by atoms with Crippen molar-refractivity contribution in [2.75, 3.05) is 26.2 Å². The number of hydrogen-bond donors (Lipinski definition) is 0. The van der Waals surface area contributed by atoms with Crippen LogP contribution in [0.15, 0.2) is 30.3 Å². The molecule has 0 aliphatic carbocycles. The molecule has 0 amide bonds. The second-order valence-electron chi connectivity index (χ2n) is 7.63. The van der Waals surface area contributed by atoms with Crippen LogP contribution in [0, 0.1) is 0 Å². The summed E-state index contributed by atoms with van der Waals surface area (Å²) in [5, 5.41) is 0. The third kappa shape index (κ3) is 14.2. The molecule has 0 saturated carbocycles. The Morgan fingerprint density at radius 3 is 1.37 bits per heavy atom. The summed E-state index contributed by atoms with van der Waals surface area (Å²) in [7, 11) is -2.28. The molecule has 0 radical (unpaired) electrons. The molecule has 1 aromatic rings. The highest BCUT2D eigenvalue weighted by Crippen LogP contribution is 2.19. The van der Waals surface area contributed by atoms with Crippen LogP contribution in [0.1, 0.15) is 86.1 Å². The lowest BCUT2D eigenvalue weighted by atomic mass is 10.1. The minimum atomic E-state index is -2.28. The topological polar surface area (TPSA) is 46.1 Å². The van der Waals surface area contributed by atoms with E-state index in [1.54, 1.807) is 12.1 Å². The summed E-state index contributed by atoms with van der Waals surface area (Å²) in [5.74, 6) is 0. The van der Waals surface area contributed by atoms with E-state index in [1.165, 1.54) is 82.0 Å². The molecule has 3 nitrogen and oxygen atoms in total. The Hall–Kier alpha value is -0.470. The lowest BCUT2D eigenvalue weighted by Crippen LogP contribution is -2.50. The number of benzene rings is 1. The van der Waals surface area contributed by atoms with Crippen LogP contribution < -0.4 is 9.79 Å². The summed E-state index contributed by atoms with van der Waals surface area (Å²) >= 11 is 0. The molecule has 0 saturated heterocycles. The van der Waals surface area contributed by atoms with Crippen LogP contribution in [0.3, 0.4) is 0 Å². The molecule has 1 rings (SSSR count). The van der Waals surface area contributed by atoms with Gasteiger partial charge >= 0.3 is 1.43 Å². The fraction of sp³-hybridized carbons (Fsp3) is 0.739. The van der Waals surface area contributed by atoms with Crippen LogP contribution in [0.25, 0.3) is 0 Å². The Labute approximate surface area is 171 Å². The van der Waals surface area contributed by atoms with Gasteiger partial charge in [0.05, 0.1) is 26.2 Å². The summed E-state index contributed by atoms with van der Waals surface area (Å²) in [6.07, 6.45) is 11.2. The third-order valence-corrected chi connectivity index (χ3v) is 5.72. The molecule has 0 aliphatic heterocycles. The molecule has 0 N–H and O–H groups in total. The lowest BCUT2D eigenvalue weighted by molar-refractivity contribution is -0.929. The third-order valence-electron chi connectivity index (χ3n) is 5.10. The highest BCUT2D eigenvalue weighted by molar-refractivity contribution is 7.41. The molecule has 1 aromatic carbocycles. The van der Waals surface area contributed by atoms with Crippen molar-refractivity contribution in [2.45, 2.75) is 85.2 Å². The first-order valence-electron chi connectivity index (χ1n) is 11.0. The van der Waals surface area contributed by atoms with Crippen LogP contribution in [0.5, 0.6) is 0 Å². The molecule has 0 fully saturated rings. The first-order chi connectivity index (χ1) is 13.0. The molecular weight excluding hydrogens is 353 g/mol. The quantitative estimate of drug-likeness (QED) is 0.314. The van der Waals surface area contributed by atoms with Gasteiger partial charge in [-0.25, -0.2) is 0 Å². The van der Waals surface area contributed by atoms with Crippen LogP contribution in [0.2, 0.25) is 0 Å². The van der Waals surface area contributed by atoms with Crippen molar-refractivity contribution in [1.82, 2.24) is 0 Å². The Morgan fingerprint density at radius 1 is 0.704 bits per heavy atom. The first kappa shape index (κ1) is 26.5. The Morgan fingerprint density at radius 2 is 1.07 bits per heavy atom. The molecule has 0 bridgehead atoms. The molecule has 0 unspecified atom stereocenters. The number of rotatable bonds is 14. The van der Waals surface area contributed by atoms with Crippen molar-refractivity contribution in [1.29, 1.82) is 0 Å². The lowest BCUT2D eigenvalue weighted by Gasteiger charge is -2.39. The van der Waals surface area contributed by atoms with Gasteiger partial charge in [0, 0.05) is 0 Å². The smallest absolute Gasteiger partial charge is 0.841 e. The van der Waals surface area contributed by atoms with Crippen molar-refractivity contribution < 1.29 is 15.7 Å². The van der Waals surface area contributed by atoms with Gasteiger partial charge in [-0.05, 0) is 37.4 Å². The van der Waals surface area contributed by atoms with Gasteiger partial charge in [0.15, 0.2) is 0 Å². The van der Waals surface area contributed by atoms with Crippen molar-refractivity contribution in [3.63, 3.8) is 0 Å². The SMILES string of the molecule is CCCC[N+](CCCC)(CCCC)CCCC.[H+].[O-]P([O-])Cc1ccccc1. The van der Waals surface area contributed by atoms with Crippen LogP contribution in [-0.2, 0) is 6.16 Å². The van der Waals surface area contributed by atoms with Gasteiger partial charge in [-0.15, -0.1) is 0 Å². The second-order valence-corrected chi connectivity index (χ2v) is 8.61. The maximum absolute atomic E-state index is 10.2. The van der Waals surface area contributed by atoms with E-state index in [4.69, 9.17) is 0 Å². The summed E-state index contributed by atoms with van der Waals surface area (Å²) in [4.78, 5) is 20.4. The van der Waals surface area contributed by atoms with E-state index in [0.717, 1.165) is 5.56 Å². The Balaban J connectivity index is 0. The molecule has 0 heterocycles. The summed E-state index contributed by atoms with van der Waals surface area (Å²) in [6.45, 7) is 15.0. The van der Waals surface area contributed by atoms with Gasteiger partial charge in [-0.2, -0.15) is 0 Å². The molecule has 4 heteroatoms. The van der Waals surface area contributed by atoms with E-state index in [9.17, 15) is 9.79 Å². The van der Waals surface area contributed by atoms with Gasteiger partial charge in [-0.1, -0.05) is 83.7 Å². The zero-order chi connectivity index (χ0) is 20.4. The average Bonchev–Trinajstić information content (AvgIpc) is 2.68. The monoisotopic (exact) mass is 397 g/mol. The van der Waals surface area contributed by atoms with E-state index in [-0.39, 0.29) is 7.59 Å². The summed E-state index contributed by atoms with van der Waals surface area (Å²) < 4.78 is 1.42. The Bertz CT molecular complexity index is 394. The van der Waals surface area contributed by atoms with E-state index >= 15 is 0 Å². The van der Waals surface area contributed by atoms with E-state index in [2.05, 4.69) is 27.7 Å². The minimum absolute atomic E-state index is 0. The normalized spacial score (nSPS) is 11.4. The van der Waals surface area contributed by atoms with Crippen molar-refractivity contribution >= 4 is 8.38 Å². The standard InChI is InChI=1S/C16H36N.C7H7O2P/c1-5-9-13-17(14-10-6-2,15-11-7-3)16-12-8-4;8-10(9)6-7-4-2-1-3-5-7/h5-16H2,1-4H3;1-5H,6H2/q+1;-2/p+1. The van der Waals surface area contributed by atoms with Crippen molar-refractivity contribution in [3.8, 4) is 0 Å². The molecule has 0 aromatic heterocycles. The highest BCUT2D eigenvalue weighted by atomic mass is 31.2. The van der Waals surface area contributed by atoms with Gasteiger partial charge in [0.2, 0.25) is 0 Å². The van der Waals surface area contributed by atoms with E-state index < -0.39 is 8.38 Å². The fourth-order valence-corrected chi connectivity index (χ4v) is 3.89. The molecule has 0 aliphatic rings. The van der Waals surface area contributed by atoms with Crippen molar-refractivity contribution in [3.05, 3.63) is 35.9 Å². The first-order valence-corrected chi connectivity index (χ1v) is 12.4. The Kier molecular flexibility index (Phi) is 17.3. The predicted molar refractivity (Wildman–Crippen MR) is 118 cm³/mol. The summed E-state index contributed by atoms with van der Waals surface area (Å²) in [6, 6.07) is 9.11. The molecular formula is C23H44NO2P. The van der Waals surface area contributed by atoms with Gasteiger partial charge in [0.1, 0.15) is 0 Å². The minimum Gasteiger partial charge on any atom is -0.841 e. The number of hydrogen-bond acceptors (Lipinski definition) is 2. The average molecular weight is 398 g/mol. The second kappa shape index (κ2) is 17.6. The highest BCUT2D eigenvalue weighted by Gasteiger charge is 2.24. The van der Waals surface area contributed by atoms with Crippen LogP contribution in [-0.4, -0.2) is 30.7 Å². The van der Waals surface area contributed by atoms with Gasteiger partial charge < -0.3 is 22.6 Å². The zero-order valence-electron chi connectivity index (χ0n) is 19.3. The van der Waals surface area contributed by atoms with E-state index in [1.807, 2.05) is 18.2 Å². The van der Waals surface area contributed by atoms with E-state index in [0.29, 0.717) is 0 Å². The van der Waals surface area contributed by atoms with Crippen molar-refractivity contribution in [2.24, 2.45) is 0 Å². The number of nitrogens with zero attached hydrogens (tertiary/aromatic N) is 1. The van der Waals surface area contributed by atoms with Crippen LogP contribution in [0.4, 0.5) is 0 Å². The summed E-state index contributed by atoms with van der Waals surface area (Å²) in [5.41, 5.74) is 0.846. The molecule has 158 valence electrons. The molecule has 27 heavy (non-hydrogen) atoms. The van der Waals surface area contributed by atoms with Crippen LogP contribution >= 0.6 is 8.38 Å². The largest absolute Gasteiger partial charge is 1.00 e. The zero-order valence-corrected chi connectivity index (χ0v) is 19.2. The van der Waals surface area contributed by atoms with Gasteiger partial charge in [0.25, 0.3) is 0 Å². The molecule has 0 atom stereocenters. The maximum atomic E-state index is 10.2. The number of unbranched alkanes of at least 4 members (excludes halogenated alkanes) is 4.